The molecule has 0 aliphatic carbocycles. The van der Waals surface area contributed by atoms with Gasteiger partial charge in [0, 0.05) is 45.7 Å². The Hall–Kier alpha value is -5.54. The monoisotopic (exact) mass is 642 g/mol. The summed E-state index contributed by atoms with van der Waals surface area (Å²) in [6.45, 7) is 0. The first-order chi connectivity index (χ1) is 23.8. The van der Waals surface area contributed by atoms with Gasteiger partial charge in [0.2, 0.25) is 0 Å². The van der Waals surface area contributed by atoms with E-state index in [0.717, 1.165) is 0 Å². The first-order valence-electron chi connectivity index (χ1n) is 16.4. The molecule has 0 spiro atoms. The van der Waals surface area contributed by atoms with Crippen molar-refractivity contribution in [2.45, 2.75) is 0 Å². The molecule has 0 amide bonds. The van der Waals surface area contributed by atoms with Crippen LogP contribution in [0.2, 0.25) is 0 Å². The average molecular weight is 643 g/mol. The van der Waals surface area contributed by atoms with E-state index in [2.05, 4.69) is 158 Å². The van der Waals surface area contributed by atoms with Crippen LogP contribution >= 0.6 is 22.7 Å². The maximum Gasteiger partial charge on any atom is 0.0455 e. The van der Waals surface area contributed by atoms with Gasteiger partial charge >= 0.3 is 0 Å². The average Bonchev–Trinajstić information content (AvgIpc) is 3.73. The summed E-state index contributed by atoms with van der Waals surface area (Å²) in [6.07, 6.45) is 0. The van der Waals surface area contributed by atoms with E-state index < -0.39 is 0 Å². The Morgan fingerprint density at radius 3 is 1.60 bits per heavy atom. The molecule has 0 aliphatic heterocycles. The summed E-state index contributed by atoms with van der Waals surface area (Å²) >= 11 is 3.88. The maximum atomic E-state index is 2.46. The third-order valence-electron chi connectivity index (χ3n) is 10.2. The highest BCUT2D eigenvalue weighted by Gasteiger charge is 2.21. The van der Waals surface area contributed by atoms with Gasteiger partial charge in [0.25, 0.3) is 0 Å². The standard InChI is InChI=1S/C46H26S2/c1-2-14-29-27(12-1)13-11-22-30(29)42-33-17-5-3-15-31(33)41(32-16-4-6-18-34(32)42)28-24-25-38-40(26-28)48-45-36-20-8-7-19-35(36)43-37-21-9-10-23-39(37)47-46(43)44(38)45/h1-26H. The molecule has 0 N–H and O–H groups in total. The van der Waals surface area contributed by atoms with E-state index in [9.17, 15) is 0 Å². The first-order valence-corrected chi connectivity index (χ1v) is 18.1. The molecule has 222 valence electrons. The lowest BCUT2D eigenvalue weighted by molar-refractivity contribution is 1.69. The fraction of sp³-hybridized carbons (Fsp3) is 0. The highest BCUT2D eigenvalue weighted by Crippen LogP contribution is 2.51. The largest absolute Gasteiger partial charge is 0.134 e. The van der Waals surface area contributed by atoms with Crippen molar-refractivity contribution in [2.24, 2.45) is 0 Å². The zero-order chi connectivity index (χ0) is 31.3. The van der Waals surface area contributed by atoms with Crippen LogP contribution in [0, 0.1) is 0 Å². The van der Waals surface area contributed by atoms with Crippen LogP contribution in [0.3, 0.4) is 0 Å². The number of fused-ring (bicyclic) bond motifs is 13. The fourth-order valence-electron chi connectivity index (χ4n) is 8.23. The molecule has 0 bridgehead atoms. The Morgan fingerprint density at radius 2 is 0.854 bits per heavy atom. The van der Waals surface area contributed by atoms with Crippen molar-refractivity contribution < 1.29 is 0 Å². The lowest BCUT2D eigenvalue weighted by Crippen LogP contribution is -1.91. The van der Waals surface area contributed by atoms with Crippen molar-refractivity contribution in [2.75, 3.05) is 0 Å². The molecule has 0 aliphatic rings. The molecule has 2 heterocycles. The molecule has 0 fully saturated rings. The zero-order valence-electron chi connectivity index (χ0n) is 25.8. The third kappa shape index (κ3) is 3.59. The van der Waals surface area contributed by atoms with Crippen LogP contribution in [0.4, 0.5) is 0 Å². The van der Waals surface area contributed by atoms with Crippen molar-refractivity contribution in [1.82, 2.24) is 0 Å². The summed E-state index contributed by atoms with van der Waals surface area (Å²) in [6, 6.07) is 58.6. The van der Waals surface area contributed by atoms with E-state index in [-0.39, 0.29) is 0 Å². The molecular weight excluding hydrogens is 617 g/mol. The molecule has 0 unspecified atom stereocenters. The molecule has 48 heavy (non-hydrogen) atoms. The van der Waals surface area contributed by atoms with E-state index >= 15 is 0 Å². The number of hydrogen-bond donors (Lipinski definition) is 0. The predicted octanol–water partition coefficient (Wildman–Crippen LogP) is 14.4. The number of thiophene rings is 2. The second-order valence-electron chi connectivity index (χ2n) is 12.7. The topological polar surface area (TPSA) is 0 Å². The van der Waals surface area contributed by atoms with Crippen molar-refractivity contribution in [3.8, 4) is 22.3 Å². The van der Waals surface area contributed by atoms with Gasteiger partial charge in [-0.2, -0.15) is 0 Å². The minimum absolute atomic E-state index is 1.27. The van der Waals surface area contributed by atoms with Gasteiger partial charge in [-0.1, -0.05) is 146 Å². The highest BCUT2D eigenvalue weighted by molar-refractivity contribution is 7.30. The summed E-state index contributed by atoms with van der Waals surface area (Å²) in [7, 11) is 0. The molecule has 0 saturated heterocycles. The summed E-state index contributed by atoms with van der Waals surface area (Å²) < 4.78 is 5.48. The van der Waals surface area contributed by atoms with Crippen LogP contribution in [-0.4, -0.2) is 0 Å². The second kappa shape index (κ2) is 9.98. The minimum Gasteiger partial charge on any atom is -0.134 e. The summed E-state index contributed by atoms with van der Waals surface area (Å²) in [5.41, 5.74) is 5.17. The summed E-state index contributed by atoms with van der Waals surface area (Å²) in [5, 5.41) is 15.9. The van der Waals surface area contributed by atoms with E-state index in [0.29, 0.717) is 0 Å². The van der Waals surface area contributed by atoms with Crippen LogP contribution in [0.1, 0.15) is 0 Å². The molecule has 0 saturated carbocycles. The molecule has 11 rings (SSSR count). The lowest BCUT2D eigenvalue weighted by atomic mass is 9.84. The van der Waals surface area contributed by atoms with Crippen LogP contribution < -0.4 is 0 Å². The number of rotatable bonds is 2. The van der Waals surface area contributed by atoms with Crippen molar-refractivity contribution in [1.29, 1.82) is 0 Å². The molecule has 2 aromatic heterocycles. The van der Waals surface area contributed by atoms with Gasteiger partial charge in [0.15, 0.2) is 0 Å². The maximum absolute atomic E-state index is 2.46. The molecular formula is C46H26S2. The Balaban J connectivity index is 1.24. The number of benzene rings is 9. The molecule has 0 nitrogen and oxygen atoms in total. The van der Waals surface area contributed by atoms with Crippen LogP contribution in [-0.2, 0) is 0 Å². The van der Waals surface area contributed by atoms with Gasteiger partial charge in [0.1, 0.15) is 0 Å². The molecule has 2 heteroatoms. The summed E-state index contributed by atoms with van der Waals surface area (Å²) in [4.78, 5) is 0. The fourth-order valence-corrected chi connectivity index (χ4v) is 10.9. The molecule has 11 aromatic rings. The van der Waals surface area contributed by atoms with E-state index in [4.69, 9.17) is 0 Å². The van der Waals surface area contributed by atoms with Gasteiger partial charge in [0.05, 0.1) is 0 Å². The Morgan fingerprint density at radius 1 is 0.312 bits per heavy atom. The normalized spacial score (nSPS) is 12.2. The zero-order valence-corrected chi connectivity index (χ0v) is 27.5. The van der Waals surface area contributed by atoms with E-state index in [1.807, 2.05) is 22.7 Å². The van der Waals surface area contributed by atoms with Gasteiger partial charge in [-0.05, 0) is 72.1 Å². The van der Waals surface area contributed by atoms with Crippen molar-refractivity contribution >= 4 is 106 Å². The first kappa shape index (κ1) is 26.5. The Labute approximate surface area is 284 Å². The van der Waals surface area contributed by atoms with Gasteiger partial charge in [-0.15, -0.1) is 22.7 Å². The predicted molar refractivity (Wildman–Crippen MR) is 213 cm³/mol. The molecule has 0 atom stereocenters. The Kier molecular flexibility index (Phi) is 5.51. The van der Waals surface area contributed by atoms with E-state index in [1.165, 1.54) is 106 Å². The molecule has 0 radical (unpaired) electrons. The quantitative estimate of drug-likeness (QED) is 0.165. The van der Waals surface area contributed by atoms with Crippen LogP contribution in [0.15, 0.2) is 158 Å². The van der Waals surface area contributed by atoms with E-state index in [1.54, 1.807) is 0 Å². The van der Waals surface area contributed by atoms with Crippen molar-refractivity contribution in [3.05, 3.63) is 158 Å². The number of hydrogen-bond acceptors (Lipinski definition) is 2. The molecule has 9 aromatic carbocycles. The smallest absolute Gasteiger partial charge is 0.0455 e. The van der Waals surface area contributed by atoms with Gasteiger partial charge < -0.3 is 0 Å². The third-order valence-corrected chi connectivity index (χ3v) is 12.6. The highest BCUT2D eigenvalue weighted by atomic mass is 32.1. The SMILES string of the molecule is c1ccc2c(-c3c4ccccc4c(-c4ccc5c(c4)sc4c6ccccc6c6c7ccccc7sc6c54)c4ccccc34)cccc2c1. The Bertz CT molecular complexity index is 3060. The van der Waals surface area contributed by atoms with Crippen molar-refractivity contribution in [3.63, 3.8) is 0 Å². The minimum atomic E-state index is 1.27. The second-order valence-corrected chi connectivity index (χ2v) is 14.8. The van der Waals surface area contributed by atoms with Gasteiger partial charge in [-0.3, -0.25) is 0 Å². The summed E-state index contributed by atoms with van der Waals surface area (Å²) in [5.74, 6) is 0. The van der Waals surface area contributed by atoms with Gasteiger partial charge in [-0.25, -0.2) is 0 Å². The van der Waals surface area contributed by atoms with Crippen LogP contribution in [0.25, 0.3) is 106 Å². The van der Waals surface area contributed by atoms with Crippen LogP contribution in [0.5, 0.6) is 0 Å². The lowest BCUT2D eigenvalue weighted by Gasteiger charge is -2.18.